The lowest BCUT2D eigenvalue weighted by molar-refractivity contribution is 0.0767. The van der Waals surface area contributed by atoms with Crippen LogP contribution in [0.1, 0.15) is 23.7 Å². The van der Waals surface area contributed by atoms with Gasteiger partial charge in [0, 0.05) is 27.6 Å². The first-order chi connectivity index (χ1) is 8.99. The van der Waals surface area contributed by atoms with Gasteiger partial charge in [0.1, 0.15) is 5.84 Å². The van der Waals surface area contributed by atoms with Crippen LogP contribution in [0.15, 0.2) is 27.8 Å². The summed E-state index contributed by atoms with van der Waals surface area (Å²) in [6.45, 7) is 2.88. The summed E-state index contributed by atoms with van der Waals surface area (Å²) in [6.07, 6.45) is 0.345. The Labute approximate surface area is 134 Å². The zero-order valence-corrected chi connectivity index (χ0v) is 14.2. The lowest BCUT2D eigenvalue weighted by Gasteiger charge is -2.21. The highest BCUT2D eigenvalue weighted by Gasteiger charge is 2.17. The van der Waals surface area contributed by atoms with Gasteiger partial charge >= 0.3 is 0 Å². The third-order valence-electron chi connectivity index (χ3n) is 2.59. The molecule has 7 heteroatoms. The minimum Gasteiger partial charge on any atom is -0.409 e. The van der Waals surface area contributed by atoms with Gasteiger partial charge in [-0.1, -0.05) is 5.16 Å². The van der Waals surface area contributed by atoms with Crippen LogP contribution in [-0.2, 0) is 0 Å². The number of oxime groups is 1. The third kappa shape index (κ3) is 4.64. The molecule has 0 bridgehead atoms. The molecule has 0 aliphatic heterocycles. The fourth-order valence-corrected chi connectivity index (χ4v) is 2.44. The summed E-state index contributed by atoms with van der Waals surface area (Å²) in [7, 11) is 0. The molecule has 0 aliphatic carbocycles. The van der Waals surface area contributed by atoms with Crippen LogP contribution in [0, 0.1) is 3.57 Å². The number of nitrogens with zero attached hydrogens (tertiary/aromatic N) is 2. The number of hydrogen-bond acceptors (Lipinski definition) is 3. The smallest absolute Gasteiger partial charge is 0.255 e. The largest absolute Gasteiger partial charge is 0.409 e. The molecule has 3 N–H and O–H groups in total. The summed E-state index contributed by atoms with van der Waals surface area (Å²) < 4.78 is 1.76. The summed E-state index contributed by atoms with van der Waals surface area (Å²) in [4.78, 5) is 14.1. The number of nitrogens with two attached hydrogens (primary N) is 1. The van der Waals surface area contributed by atoms with E-state index in [0.29, 0.717) is 25.1 Å². The summed E-state index contributed by atoms with van der Waals surface area (Å²) in [5.74, 6) is 0.0478. The molecule has 0 aliphatic rings. The van der Waals surface area contributed by atoms with Gasteiger partial charge in [-0.2, -0.15) is 0 Å². The average molecular weight is 440 g/mol. The molecule has 0 unspecified atom stereocenters. The molecule has 0 atom stereocenters. The van der Waals surface area contributed by atoms with Gasteiger partial charge in [-0.05, 0) is 63.6 Å². The number of amidine groups is 1. The number of hydrogen-bond donors (Lipinski definition) is 2. The topological polar surface area (TPSA) is 78.9 Å². The quantitative estimate of drug-likeness (QED) is 0.243. The lowest BCUT2D eigenvalue weighted by atomic mass is 10.2. The Bertz CT molecular complexity index is 494. The summed E-state index contributed by atoms with van der Waals surface area (Å²) >= 11 is 5.55. The summed E-state index contributed by atoms with van der Waals surface area (Å²) in [5, 5.41) is 11.4. The Morgan fingerprint density at radius 2 is 2.26 bits per heavy atom. The minimum absolute atomic E-state index is 0.0707. The van der Waals surface area contributed by atoms with E-state index in [1.165, 1.54) is 0 Å². The molecule has 0 saturated carbocycles. The monoisotopic (exact) mass is 439 g/mol. The molecule has 0 heterocycles. The van der Waals surface area contributed by atoms with E-state index in [4.69, 9.17) is 10.9 Å². The van der Waals surface area contributed by atoms with Gasteiger partial charge in [0.15, 0.2) is 0 Å². The predicted octanol–water partition coefficient (Wildman–Crippen LogP) is 2.65. The van der Waals surface area contributed by atoms with Gasteiger partial charge in [0.2, 0.25) is 0 Å². The molecule has 104 valence electrons. The fourth-order valence-electron chi connectivity index (χ4n) is 1.53. The van der Waals surface area contributed by atoms with Crippen LogP contribution in [-0.4, -0.2) is 34.9 Å². The molecule has 0 aromatic heterocycles. The number of carbonyl (C=O) groups excluding carboxylic acids is 1. The van der Waals surface area contributed by atoms with E-state index >= 15 is 0 Å². The first-order valence-corrected chi connectivity index (χ1v) is 7.57. The molecule has 19 heavy (non-hydrogen) atoms. The number of rotatable bonds is 5. The summed E-state index contributed by atoms with van der Waals surface area (Å²) in [6, 6.07) is 5.61. The second kappa shape index (κ2) is 7.68. The Morgan fingerprint density at radius 1 is 1.58 bits per heavy atom. The van der Waals surface area contributed by atoms with E-state index in [1.807, 2.05) is 25.1 Å². The van der Waals surface area contributed by atoms with Crippen molar-refractivity contribution in [3.8, 4) is 0 Å². The second-order valence-electron chi connectivity index (χ2n) is 3.85. The van der Waals surface area contributed by atoms with Gasteiger partial charge in [0.25, 0.3) is 5.91 Å². The van der Waals surface area contributed by atoms with Gasteiger partial charge in [-0.25, -0.2) is 0 Å². The first-order valence-electron chi connectivity index (χ1n) is 5.70. The molecule has 0 saturated heterocycles. The van der Waals surface area contributed by atoms with Gasteiger partial charge in [0.05, 0.1) is 5.56 Å². The van der Waals surface area contributed by atoms with E-state index in [9.17, 15) is 4.79 Å². The van der Waals surface area contributed by atoms with Crippen LogP contribution in [0.3, 0.4) is 0 Å². The highest BCUT2D eigenvalue weighted by atomic mass is 127. The molecule has 1 amide bonds. The number of amides is 1. The number of halogens is 2. The maximum atomic E-state index is 12.4. The van der Waals surface area contributed by atoms with Crippen molar-refractivity contribution < 1.29 is 10.0 Å². The van der Waals surface area contributed by atoms with E-state index in [0.717, 1.165) is 8.04 Å². The van der Waals surface area contributed by atoms with Gasteiger partial charge < -0.3 is 15.8 Å². The summed E-state index contributed by atoms with van der Waals surface area (Å²) in [5.41, 5.74) is 6.04. The number of benzene rings is 1. The van der Waals surface area contributed by atoms with Crippen molar-refractivity contribution >= 4 is 50.3 Å². The highest BCUT2D eigenvalue weighted by molar-refractivity contribution is 14.1. The molecule has 1 aromatic rings. The molecule has 0 spiro atoms. The van der Waals surface area contributed by atoms with Crippen LogP contribution >= 0.6 is 38.5 Å². The van der Waals surface area contributed by atoms with Gasteiger partial charge in [-0.15, -0.1) is 0 Å². The van der Waals surface area contributed by atoms with E-state index in [2.05, 4.69) is 43.7 Å². The van der Waals surface area contributed by atoms with Crippen LogP contribution in [0.4, 0.5) is 0 Å². The molecule has 5 nitrogen and oxygen atoms in total. The molecule has 0 fully saturated rings. The van der Waals surface area contributed by atoms with Crippen LogP contribution in [0.5, 0.6) is 0 Å². The zero-order chi connectivity index (χ0) is 14.4. The fraction of sp³-hybridized carbons (Fsp3) is 0.333. The predicted molar refractivity (Wildman–Crippen MR) is 86.5 cm³/mol. The van der Waals surface area contributed by atoms with E-state index < -0.39 is 0 Å². The minimum atomic E-state index is -0.0707. The average Bonchev–Trinajstić information content (AvgIpc) is 2.41. The molecular weight excluding hydrogens is 425 g/mol. The van der Waals surface area contributed by atoms with E-state index in [1.54, 1.807) is 4.90 Å². The standard InChI is InChI=1S/C12H15BrIN3O2/c1-2-17(6-5-11(15)16-19)12(18)9-7-8(14)3-4-10(9)13/h3-4,7,19H,2,5-6H2,1H3,(H2,15,16). The Balaban J connectivity index is 2.86. The maximum absolute atomic E-state index is 12.4. The van der Waals surface area contributed by atoms with E-state index in [-0.39, 0.29) is 11.7 Å². The van der Waals surface area contributed by atoms with Crippen LogP contribution in [0.25, 0.3) is 0 Å². The Kier molecular flexibility index (Phi) is 6.56. The van der Waals surface area contributed by atoms with Crippen molar-refractivity contribution in [2.45, 2.75) is 13.3 Å². The SMILES string of the molecule is CCN(CC/C(N)=N/O)C(=O)c1cc(I)ccc1Br. The zero-order valence-electron chi connectivity index (χ0n) is 10.4. The van der Waals surface area contributed by atoms with Crippen LogP contribution < -0.4 is 5.73 Å². The molecule has 1 aromatic carbocycles. The van der Waals surface area contributed by atoms with Crippen molar-refractivity contribution in [2.24, 2.45) is 10.9 Å². The van der Waals surface area contributed by atoms with Crippen molar-refractivity contribution in [3.05, 3.63) is 31.8 Å². The first kappa shape index (κ1) is 16.2. The molecular formula is C12H15BrIN3O2. The number of carbonyl (C=O) groups is 1. The molecule has 1 rings (SSSR count). The van der Waals surface area contributed by atoms with Crippen molar-refractivity contribution in [2.75, 3.05) is 13.1 Å². The van der Waals surface area contributed by atoms with Gasteiger partial charge in [-0.3, -0.25) is 4.79 Å². The lowest BCUT2D eigenvalue weighted by Crippen LogP contribution is -2.34. The molecule has 0 radical (unpaired) electrons. The Hall–Kier alpha value is -0.830. The van der Waals surface area contributed by atoms with Crippen molar-refractivity contribution in [3.63, 3.8) is 0 Å². The van der Waals surface area contributed by atoms with Crippen molar-refractivity contribution in [1.82, 2.24) is 4.90 Å². The van der Waals surface area contributed by atoms with Crippen molar-refractivity contribution in [1.29, 1.82) is 0 Å². The maximum Gasteiger partial charge on any atom is 0.255 e. The second-order valence-corrected chi connectivity index (χ2v) is 5.95. The van der Waals surface area contributed by atoms with Crippen LogP contribution in [0.2, 0.25) is 0 Å². The normalized spacial score (nSPS) is 11.4. The highest BCUT2D eigenvalue weighted by Crippen LogP contribution is 2.21. The Morgan fingerprint density at radius 3 is 2.84 bits per heavy atom. The third-order valence-corrected chi connectivity index (χ3v) is 3.96.